The van der Waals surface area contributed by atoms with E-state index in [4.69, 9.17) is 12.2 Å². The molecule has 0 bridgehead atoms. The second-order valence-corrected chi connectivity index (χ2v) is 7.93. The Morgan fingerprint density at radius 3 is 2.21 bits per heavy atom. The van der Waals surface area contributed by atoms with Crippen molar-refractivity contribution >= 4 is 40.3 Å². The molecule has 4 rings (SSSR count). The molecule has 0 N–H and O–H groups in total. The zero-order valence-corrected chi connectivity index (χ0v) is 16.7. The molecule has 2 aliphatic rings. The van der Waals surface area contributed by atoms with E-state index in [1.165, 1.54) is 6.07 Å². The number of nitro groups is 1. The minimum absolute atomic E-state index is 0.0345. The van der Waals surface area contributed by atoms with Crippen molar-refractivity contribution in [3.05, 3.63) is 63.7 Å². The van der Waals surface area contributed by atoms with Gasteiger partial charge in [-0.05, 0) is 63.2 Å². The van der Waals surface area contributed by atoms with Gasteiger partial charge in [0.15, 0.2) is 5.11 Å². The number of hydrogen-bond donors (Lipinski definition) is 0. The molecule has 1 saturated carbocycles. The second-order valence-electron chi connectivity index (χ2n) is 7.56. The molecule has 1 amide bonds. The van der Waals surface area contributed by atoms with Crippen LogP contribution < -0.4 is 9.80 Å². The predicted octanol–water partition coefficient (Wildman–Crippen LogP) is 4.66. The highest BCUT2D eigenvalue weighted by Gasteiger charge is 2.57. The van der Waals surface area contributed by atoms with Gasteiger partial charge in [-0.2, -0.15) is 0 Å². The standard InChI is InChI=1S/C21H21N3O3S/c1-14-5-7-16(8-6-14)23-20(28)22(19(25)21(23)11-3-4-12-21)17-9-10-18(24(26)27)15(2)13-17/h5-10,13H,3-4,11-12H2,1-2H3. The van der Waals surface area contributed by atoms with Crippen molar-refractivity contribution in [3.8, 4) is 0 Å². The number of carbonyl (C=O) groups excluding carboxylic acids is 1. The summed E-state index contributed by atoms with van der Waals surface area (Å²) in [6, 6.07) is 12.8. The van der Waals surface area contributed by atoms with E-state index in [9.17, 15) is 14.9 Å². The van der Waals surface area contributed by atoms with Gasteiger partial charge in [-0.1, -0.05) is 30.5 Å². The van der Waals surface area contributed by atoms with Gasteiger partial charge < -0.3 is 4.90 Å². The van der Waals surface area contributed by atoms with Gasteiger partial charge in [-0.3, -0.25) is 19.8 Å². The minimum atomic E-state index is -0.665. The molecule has 1 spiro atoms. The highest BCUT2D eigenvalue weighted by molar-refractivity contribution is 7.81. The first-order chi connectivity index (χ1) is 13.3. The Hall–Kier alpha value is -2.80. The maximum absolute atomic E-state index is 13.6. The maximum atomic E-state index is 13.6. The lowest BCUT2D eigenvalue weighted by Crippen LogP contribution is -2.47. The van der Waals surface area contributed by atoms with E-state index in [1.807, 2.05) is 36.1 Å². The summed E-state index contributed by atoms with van der Waals surface area (Å²) in [6.45, 7) is 3.70. The number of carbonyl (C=O) groups is 1. The van der Waals surface area contributed by atoms with E-state index < -0.39 is 10.5 Å². The van der Waals surface area contributed by atoms with Crippen LogP contribution in [0.1, 0.15) is 36.8 Å². The van der Waals surface area contributed by atoms with Crippen molar-refractivity contribution in [3.63, 3.8) is 0 Å². The number of hydrogen-bond acceptors (Lipinski definition) is 4. The Balaban J connectivity index is 1.81. The van der Waals surface area contributed by atoms with Gasteiger partial charge in [0.25, 0.3) is 11.6 Å². The smallest absolute Gasteiger partial charge is 0.272 e. The average Bonchev–Trinajstić information content (AvgIpc) is 3.21. The number of aryl methyl sites for hydroxylation is 2. The molecule has 0 aromatic heterocycles. The molecule has 7 heteroatoms. The van der Waals surface area contributed by atoms with Crippen LogP contribution in [0, 0.1) is 24.0 Å². The third kappa shape index (κ3) is 2.69. The van der Waals surface area contributed by atoms with Crippen LogP contribution in [0.5, 0.6) is 0 Å². The highest BCUT2D eigenvalue weighted by Crippen LogP contribution is 2.46. The molecule has 2 fully saturated rings. The summed E-state index contributed by atoms with van der Waals surface area (Å²) in [6.07, 6.45) is 3.46. The lowest BCUT2D eigenvalue weighted by atomic mass is 9.94. The fourth-order valence-electron chi connectivity index (χ4n) is 4.33. The maximum Gasteiger partial charge on any atom is 0.272 e. The molecule has 6 nitrogen and oxygen atoms in total. The van der Waals surface area contributed by atoms with Gasteiger partial charge in [0.05, 0.1) is 10.6 Å². The Morgan fingerprint density at radius 2 is 1.64 bits per heavy atom. The normalized spacial score (nSPS) is 18.4. The molecule has 1 aliphatic heterocycles. The van der Waals surface area contributed by atoms with E-state index in [1.54, 1.807) is 24.0 Å². The molecule has 0 unspecified atom stereocenters. The molecule has 28 heavy (non-hydrogen) atoms. The van der Waals surface area contributed by atoms with Gasteiger partial charge in [-0.15, -0.1) is 0 Å². The molecule has 1 aliphatic carbocycles. The highest BCUT2D eigenvalue weighted by atomic mass is 32.1. The Bertz CT molecular complexity index is 981. The Morgan fingerprint density at radius 1 is 1.04 bits per heavy atom. The van der Waals surface area contributed by atoms with Crippen LogP contribution in [0.25, 0.3) is 0 Å². The first-order valence-corrected chi connectivity index (χ1v) is 9.76. The number of rotatable bonds is 3. The zero-order valence-electron chi connectivity index (χ0n) is 15.8. The number of thiocarbonyl (C=S) groups is 1. The predicted molar refractivity (Wildman–Crippen MR) is 113 cm³/mol. The monoisotopic (exact) mass is 395 g/mol. The number of nitro benzene ring substituents is 1. The molecule has 1 saturated heterocycles. The Kier molecular flexibility index (Phi) is 4.42. The third-order valence-corrected chi connectivity index (χ3v) is 6.14. The van der Waals surface area contributed by atoms with Crippen molar-refractivity contribution in [2.45, 2.75) is 45.1 Å². The van der Waals surface area contributed by atoms with E-state index in [-0.39, 0.29) is 11.6 Å². The van der Waals surface area contributed by atoms with E-state index >= 15 is 0 Å². The third-order valence-electron chi connectivity index (χ3n) is 5.77. The fraction of sp³-hybridized carbons (Fsp3) is 0.333. The summed E-state index contributed by atoms with van der Waals surface area (Å²) in [7, 11) is 0. The average molecular weight is 395 g/mol. The topological polar surface area (TPSA) is 66.7 Å². The van der Waals surface area contributed by atoms with Gasteiger partial charge in [0.2, 0.25) is 0 Å². The largest absolute Gasteiger partial charge is 0.303 e. The SMILES string of the molecule is Cc1ccc(N2C(=S)N(c3ccc([N+](=O)[O-])c(C)c3)C(=O)C23CCCC3)cc1. The zero-order chi connectivity index (χ0) is 20.1. The van der Waals surface area contributed by atoms with E-state index in [2.05, 4.69) is 0 Å². The van der Waals surface area contributed by atoms with Crippen molar-refractivity contribution in [2.24, 2.45) is 0 Å². The van der Waals surface area contributed by atoms with Crippen molar-refractivity contribution in [2.75, 3.05) is 9.80 Å². The molecule has 2 aromatic rings. The van der Waals surface area contributed by atoms with E-state index in [0.717, 1.165) is 36.9 Å². The van der Waals surface area contributed by atoms with Crippen LogP contribution in [0.4, 0.5) is 17.1 Å². The Labute approximate surface area is 168 Å². The summed E-state index contributed by atoms with van der Waals surface area (Å²) >= 11 is 5.77. The molecular weight excluding hydrogens is 374 g/mol. The summed E-state index contributed by atoms with van der Waals surface area (Å²) in [5, 5.41) is 11.6. The number of amides is 1. The van der Waals surface area contributed by atoms with Gasteiger partial charge >= 0.3 is 0 Å². The number of benzene rings is 2. The van der Waals surface area contributed by atoms with Crippen LogP contribution in [0.2, 0.25) is 0 Å². The quantitative estimate of drug-likeness (QED) is 0.429. The summed E-state index contributed by atoms with van der Waals surface area (Å²) < 4.78 is 0. The van der Waals surface area contributed by atoms with Crippen LogP contribution in [-0.2, 0) is 4.79 Å². The summed E-state index contributed by atoms with van der Waals surface area (Å²) in [4.78, 5) is 27.9. The number of nitrogens with zero attached hydrogens (tertiary/aromatic N) is 3. The fourth-order valence-corrected chi connectivity index (χ4v) is 4.80. The van der Waals surface area contributed by atoms with Crippen LogP contribution >= 0.6 is 12.2 Å². The lowest BCUT2D eigenvalue weighted by molar-refractivity contribution is -0.385. The van der Waals surface area contributed by atoms with Gasteiger partial charge in [0.1, 0.15) is 5.54 Å². The van der Waals surface area contributed by atoms with Crippen LogP contribution in [0.15, 0.2) is 42.5 Å². The minimum Gasteiger partial charge on any atom is -0.303 e. The summed E-state index contributed by atoms with van der Waals surface area (Å²) in [5.74, 6) is -0.0381. The first-order valence-electron chi connectivity index (χ1n) is 9.36. The van der Waals surface area contributed by atoms with Crippen molar-refractivity contribution < 1.29 is 9.72 Å². The van der Waals surface area contributed by atoms with Crippen LogP contribution in [-0.4, -0.2) is 21.5 Å². The lowest BCUT2D eigenvalue weighted by Gasteiger charge is -2.32. The van der Waals surface area contributed by atoms with Crippen LogP contribution in [0.3, 0.4) is 0 Å². The number of anilines is 2. The molecule has 1 heterocycles. The van der Waals surface area contributed by atoms with Gasteiger partial charge in [0, 0.05) is 17.3 Å². The van der Waals surface area contributed by atoms with E-state index in [0.29, 0.717) is 16.4 Å². The van der Waals surface area contributed by atoms with Crippen molar-refractivity contribution in [1.82, 2.24) is 0 Å². The molecular formula is C21H21N3O3S. The van der Waals surface area contributed by atoms with Gasteiger partial charge in [-0.25, -0.2) is 0 Å². The molecule has 2 aromatic carbocycles. The summed E-state index contributed by atoms with van der Waals surface area (Å²) in [5.41, 5.74) is 2.51. The molecule has 0 atom stereocenters. The second kappa shape index (κ2) is 6.67. The first kappa shape index (κ1) is 18.6. The molecule has 0 radical (unpaired) electrons. The van der Waals surface area contributed by atoms with Crippen molar-refractivity contribution in [1.29, 1.82) is 0 Å². The molecule has 144 valence electrons.